The summed E-state index contributed by atoms with van der Waals surface area (Å²) in [6.07, 6.45) is 0.796. The monoisotopic (exact) mass is 302 g/mol. The van der Waals surface area contributed by atoms with E-state index in [9.17, 15) is 9.90 Å². The van der Waals surface area contributed by atoms with Gasteiger partial charge in [-0.05, 0) is 36.8 Å². The summed E-state index contributed by atoms with van der Waals surface area (Å²) in [5.41, 5.74) is 0.902. The maximum atomic E-state index is 12.0. The van der Waals surface area contributed by atoms with Gasteiger partial charge in [-0.2, -0.15) is 0 Å². The summed E-state index contributed by atoms with van der Waals surface area (Å²) in [4.78, 5) is 15.9. The molecule has 0 bridgehead atoms. The molecule has 0 aliphatic rings. The van der Waals surface area contributed by atoms with Crippen molar-refractivity contribution in [2.24, 2.45) is 0 Å². The highest BCUT2D eigenvalue weighted by Crippen LogP contribution is 2.19. The topological polar surface area (TPSA) is 80.7 Å². The molecule has 116 valence electrons. The average Bonchev–Trinajstić information content (AvgIpc) is 2.54. The zero-order chi connectivity index (χ0) is 15.9. The summed E-state index contributed by atoms with van der Waals surface area (Å²) in [6, 6.07) is 10.4. The van der Waals surface area contributed by atoms with Crippen molar-refractivity contribution in [3.63, 3.8) is 0 Å². The lowest BCUT2D eigenvalue weighted by Gasteiger charge is -2.14. The molecule has 0 aliphatic carbocycles. The van der Waals surface area contributed by atoms with E-state index in [1.165, 1.54) is 12.3 Å². The van der Waals surface area contributed by atoms with Gasteiger partial charge in [-0.25, -0.2) is 4.98 Å². The van der Waals surface area contributed by atoms with Crippen LogP contribution in [0.4, 0.5) is 5.82 Å². The lowest BCUT2D eigenvalue weighted by Crippen LogP contribution is -2.28. The van der Waals surface area contributed by atoms with Gasteiger partial charge in [0, 0.05) is 6.20 Å². The molecular formula is C16H18N2O4. The average molecular weight is 302 g/mol. The Kier molecular flexibility index (Phi) is 5.32. The van der Waals surface area contributed by atoms with E-state index in [4.69, 9.17) is 9.47 Å². The number of amides is 1. The van der Waals surface area contributed by atoms with Gasteiger partial charge in [-0.15, -0.1) is 0 Å². The first-order chi connectivity index (χ1) is 10.6. The number of methoxy groups -OCH3 is 1. The number of benzene rings is 1. The minimum atomic E-state index is -0.687. The van der Waals surface area contributed by atoms with E-state index in [2.05, 4.69) is 10.3 Å². The third-order valence-electron chi connectivity index (χ3n) is 3.03. The van der Waals surface area contributed by atoms with Crippen molar-refractivity contribution in [2.45, 2.75) is 19.6 Å². The Morgan fingerprint density at radius 1 is 1.36 bits per heavy atom. The van der Waals surface area contributed by atoms with Crippen molar-refractivity contribution in [3.8, 4) is 11.5 Å². The number of carbonyl (C=O) groups is 1. The molecule has 6 nitrogen and oxygen atoms in total. The molecule has 0 aliphatic heterocycles. The molecule has 22 heavy (non-hydrogen) atoms. The van der Waals surface area contributed by atoms with E-state index in [1.54, 1.807) is 20.1 Å². The van der Waals surface area contributed by atoms with Crippen LogP contribution in [0, 0.1) is 0 Å². The number of carbonyl (C=O) groups excluding carboxylic acids is 1. The molecular weight excluding hydrogens is 284 g/mol. The third-order valence-corrected chi connectivity index (χ3v) is 3.03. The first-order valence-electron chi connectivity index (χ1n) is 6.79. The zero-order valence-corrected chi connectivity index (χ0v) is 12.4. The predicted octanol–water partition coefficient (Wildman–Crippen LogP) is 2.34. The van der Waals surface area contributed by atoms with Gasteiger partial charge >= 0.3 is 0 Å². The quantitative estimate of drug-likeness (QED) is 0.856. The number of aromatic hydroxyl groups is 1. The first kappa shape index (κ1) is 15.8. The summed E-state index contributed by atoms with van der Waals surface area (Å²) in [5, 5.41) is 12.1. The minimum Gasteiger partial charge on any atom is -0.504 e. The summed E-state index contributed by atoms with van der Waals surface area (Å²) >= 11 is 0. The van der Waals surface area contributed by atoms with E-state index in [0.717, 1.165) is 11.3 Å². The van der Waals surface area contributed by atoms with Gasteiger partial charge in [0.2, 0.25) is 0 Å². The van der Waals surface area contributed by atoms with Gasteiger partial charge in [-0.1, -0.05) is 12.1 Å². The minimum absolute atomic E-state index is 0.0872. The van der Waals surface area contributed by atoms with Crippen LogP contribution in [-0.4, -0.2) is 29.2 Å². The van der Waals surface area contributed by atoms with Crippen LogP contribution in [0.2, 0.25) is 0 Å². The van der Waals surface area contributed by atoms with Crippen molar-refractivity contribution in [1.82, 2.24) is 4.98 Å². The summed E-state index contributed by atoms with van der Waals surface area (Å²) < 4.78 is 10.7. The number of hydrogen-bond donors (Lipinski definition) is 2. The van der Waals surface area contributed by atoms with Crippen molar-refractivity contribution in [3.05, 3.63) is 48.2 Å². The number of hydrogen-bond acceptors (Lipinski definition) is 5. The molecule has 2 N–H and O–H groups in total. The molecule has 1 aromatic heterocycles. The number of nitrogens with zero attached hydrogens (tertiary/aromatic N) is 1. The molecule has 2 rings (SSSR count). The molecule has 0 saturated carbocycles. The van der Waals surface area contributed by atoms with Gasteiger partial charge in [-0.3, -0.25) is 4.79 Å². The molecule has 1 atom stereocenters. The van der Waals surface area contributed by atoms with Gasteiger partial charge in [0.25, 0.3) is 5.91 Å². The lowest BCUT2D eigenvalue weighted by atomic mass is 10.2. The fraction of sp³-hybridized carbons (Fsp3) is 0.250. The first-order valence-corrected chi connectivity index (χ1v) is 6.79. The predicted molar refractivity (Wildman–Crippen MR) is 81.8 cm³/mol. The highest BCUT2D eigenvalue weighted by molar-refractivity contribution is 5.94. The molecule has 1 aromatic carbocycles. The van der Waals surface area contributed by atoms with E-state index < -0.39 is 6.10 Å². The molecule has 1 amide bonds. The molecule has 0 radical (unpaired) electrons. The molecule has 2 aromatic rings. The Labute approximate surface area is 128 Å². The SMILES string of the molecule is COc1cccc(COC(C)C(=O)Nc2ncccc2O)c1. The number of nitrogens with one attached hydrogen (secondary N) is 1. The zero-order valence-electron chi connectivity index (χ0n) is 12.4. The van der Waals surface area contributed by atoms with Crippen molar-refractivity contribution < 1.29 is 19.4 Å². The maximum Gasteiger partial charge on any atom is 0.254 e. The third kappa shape index (κ3) is 4.20. The number of anilines is 1. The van der Waals surface area contributed by atoms with Crippen LogP contribution in [0.3, 0.4) is 0 Å². The van der Waals surface area contributed by atoms with Gasteiger partial charge in [0.15, 0.2) is 11.6 Å². The standard InChI is InChI=1S/C16H18N2O4/c1-11(16(20)18-15-14(19)7-4-8-17-15)22-10-12-5-3-6-13(9-12)21-2/h3-9,11,19H,10H2,1-2H3,(H,17,18,20). The van der Waals surface area contributed by atoms with Crippen molar-refractivity contribution >= 4 is 11.7 Å². The molecule has 1 unspecified atom stereocenters. The van der Waals surface area contributed by atoms with Crippen LogP contribution in [0.25, 0.3) is 0 Å². The Balaban J connectivity index is 1.90. The van der Waals surface area contributed by atoms with Crippen LogP contribution in [-0.2, 0) is 16.1 Å². The Morgan fingerprint density at radius 2 is 2.18 bits per heavy atom. The second kappa shape index (κ2) is 7.42. The van der Waals surface area contributed by atoms with E-state index in [-0.39, 0.29) is 24.1 Å². The van der Waals surface area contributed by atoms with E-state index in [1.807, 2.05) is 24.3 Å². The molecule has 0 fully saturated rings. The molecule has 6 heteroatoms. The molecule has 1 heterocycles. The van der Waals surface area contributed by atoms with Crippen LogP contribution in [0.15, 0.2) is 42.6 Å². The van der Waals surface area contributed by atoms with Gasteiger partial charge in [0.1, 0.15) is 11.9 Å². The summed E-state index contributed by atoms with van der Waals surface area (Å²) in [7, 11) is 1.59. The molecule has 0 saturated heterocycles. The summed E-state index contributed by atoms with van der Waals surface area (Å²) in [6.45, 7) is 1.91. The van der Waals surface area contributed by atoms with Crippen LogP contribution in [0.1, 0.15) is 12.5 Å². The Bertz CT molecular complexity index is 646. The van der Waals surface area contributed by atoms with Crippen LogP contribution < -0.4 is 10.1 Å². The summed E-state index contributed by atoms with van der Waals surface area (Å²) in [5.74, 6) is 0.383. The lowest BCUT2D eigenvalue weighted by molar-refractivity contribution is -0.127. The van der Waals surface area contributed by atoms with Crippen molar-refractivity contribution in [1.29, 1.82) is 0 Å². The maximum absolute atomic E-state index is 12.0. The van der Waals surface area contributed by atoms with Crippen LogP contribution >= 0.6 is 0 Å². The number of aromatic nitrogens is 1. The second-order valence-electron chi connectivity index (χ2n) is 4.67. The fourth-order valence-electron chi connectivity index (χ4n) is 1.77. The fourth-order valence-corrected chi connectivity index (χ4v) is 1.77. The largest absolute Gasteiger partial charge is 0.504 e. The highest BCUT2D eigenvalue weighted by atomic mass is 16.5. The van der Waals surface area contributed by atoms with E-state index in [0.29, 0.717) is 0 Å². The van der Waals surface area contributed by atoms with E-state index >= 15 is 0 Å². The highest BCUT2D eigenvalue weighted by Gasteiger charge is 2.15. The number of ether oxygens (including phenoxy) is 2. The van der Waals surface area contributed by atoms with Crippen LogP contribution in [0.5, 0.6) is 11.5 Å². The smallest absolute Gasteiger partial charge is 0.254 e. The Hall–Kier alpha value is -2.60. The Morgan fingerprint density at radius 3 is 2.91 bits per heavy atom. The normalized spacial score (nSPS) is 11.7. The van der Waals surface area contributed by atoms with Gasteiger partial charge < -0.3 is 19.9 Å². The van der Waals surface area contributed by atoms with Crippen molar-refractivity contribution in [2.75, 3.05) is 12.4 Å². The molecule has 0 spiro atoms. The second-order valence-corrected chi connectivity index (χ2v) is 4.67. The van der Waals surface area contributed by atoms with Gasteiger partial charge in [0.05, 0.1) is 13.7 Å². The number of pyridine rings is 1. The number of rotatable bonds is 6.